The number of rotatable bonds is 5. The van der Waals surface area contributed by atoms with Crippen molar-refractivity contribution >= 4 is 34.4 Å². The minimum absolute atomic E-state index is 0.00827. The number of nitrogens with one attached hydrogen (secondary N) is 1. The van der Waals surface area contributed by atoms with E-state index in [0.717, 1.165) is 29.3 Å². The lowest BCUT2D eigenvalue weighted by atomic mass is 10.1. The van der Waals surface area contributed by atoms with E-state index < -0.39 is 0 Å². The Bertz CT molecular complexity index is 694. The SMILES string of the molecule is CCN1C(=O)C(CC(=O)Nc2ccc(C)cc2)SC1=NC1CCCCCC1. The zero-order chi connectivity index (χ0) is 19.2. The minimum atomic E-state index is -0.375. The lowest BCUT2D eigenvalue weighted by Crippen LogP contribution is -2.33. The number of aryl methyl sites for hydroxylation is 1. The van der Waals surface area contributed by atoms with Crippen LogP contribution in [-0.2, 0) is 9.59 Å². The van der Waals surface area contributed by atoms with E-state index >= 15 is 0 Å². The van der Waals surface area contributed by atoms with E-state index in [2.05, 4.69) is 5.32 Å². The first-order chi connectivity index (χ1) is 13.1. The number of amides is 2. The molecule has 2 aliphatic rings. The molecule has 1 N–H and O–H groups in total. The third-order valence-electron chi connectivity index (χ3n) is 5.16. The number of carbonyl (C=O) groups is 2. The van der Waals surface area contributed by atoms with Gasteiger partial charge in [-0.3, -0.25) is 19.5 Å². The van der Waals surface area contributed by atoms with E-state index in [1.54, 1.807) is 4.90 Å². The summed E-state index contributed by atoms with van der Waals surface area (Å²) >= 11 is 1.46. The van der Waals surface area contributed by atoms with Crippen molar-refractivity contribution in [2.45, 2.75) is 70.1 Å². The lowest BCUT2D eigenvalue weighted by molar-refractivity contribution is -0.128. The smallest absolute Gasteiger partial charge is 0.242 e. The van der Waals surface area contributed by atoms with Gasteiger partial charge in [0.25, 0.3) is 0 Å². The van der Waals surface area contributed by atoms with Crippen LogP contribution in [-0.4, -0.2) is 39.7 Å². The maximum atomic E-state index is 12.7. The van der Waals surface area contributed by atoms with Crippen molar-refractivity contribution in [3.8, 4) is 0 Å². The molecule has 2 fully saturated rings. The average Bonchev–Trinajstić information content (AvgIpc) is 2.81. The van der Waals surface area contributed by atoms with Crippen molar-refractivity contribution < 1.29 is 9.59 Å². The van der Waals surface area contributed by atoms with Gasteiger partial charge in [0.05, 0.1) is 6.04 Å². The van der Waals surface area contributed by atoms with E-state index in [0.29, 0.717) is 12.6 Å². The lowest BCUT2D eigenvalue weighted by Gasteiger charge is -2.16. The van der Waals surface area contributed by atoms with Crippen LogP contribution in [0.15, 0.2) is 29.3 Å². The molecule has 1 aliphatic heterocycles. The first-order valence-corrected chi connectivity index (χ1v) is 10.9. The Morgan fingerprint density at radius 3 is 2.48 bits per heavy atom. The van der Waals surface area contributed by atoms with Crippen LogP contribution < -0.4 is 5.32 Å². The van der Waals surface area contributed by atoms with Gasteiger partial charge in [-0.05, 0) is 38.8 Å². The molecule has 6 heteroatoms. The zero-order valence-corrected chi connectivity index (χ0v) is 17.1. The van der Waals surface area contributed by atoms with Crippen molar-refractivity contribution in [2.75, 3.05) is 11.9 Å². The van der Waals surface area contributed by atoms with E-state index in [9.17, 15) is 9.59 Å². The molecule has 1 unspecified atom stereocenters. The number of benzene rings is 1. The highest BCUT2D eigenvalue weighted by atomic mass is 32.2. The molecule has 0 aromatic heterocycles. The van der Waals surface area contributed by atoms with Crippen LogP contribution in [0.3, 0.4) is 0 Å². The Balaban J connectivity index is 1.62. The zero-order valence-electron chi connectivity index (χ0n) is 16.2. The number of nitrogens with zero attached hydrogens (tertiary/aromatic N) is 2. The molecule has 1 atom stereocenters. The average molecular weight is 388 g/mol. The van der Waals surface area contributed by atoms with Gasteiger partial charge in [-0.15, -0.1) is 0 Å². The molecule has 0 radical (unpaired) electrons. The fraction of sp³-hybridized carbons (Fsp3) is 0.571. The molecule has 1 aromatic rings. The van der Waals surface area contributed by atoms with Crippen molar-refractivity contribution in [3.05, 3.63) is 29.8 Å². The van der Waals surface area contributed by atoms with Crippen molar-refractivity contribution in [1.29, 1.82) is 0 Å². The quantitative estimate of drug-likeness (QED) is 0.763. The van der Waals surface area contributed by atoms with Gasteiger partial charge in [-0.1, -0.05) is 55.1 Å². The Morgan fingerprint density at radius 2 is 1.85 bits per heavy atom. The van der Waals surface area contributed by atoms with Crippen LogP contribution >= 0.6 is 11.8 Å². The summed E-state index contributed by atoms with van der Waals surface area (Å²) in [6, 6.07) is 8.00. The summed E-state index contributed by atoms with van der Waals surface area (Å²) in [6.45, 7) is 4.58. The normalized spacial score (nSPS) is 22.9. The molecule has 1 saturated carbocycles. The van der Waals surface area contributed by atoms with Crippen molar-refractivity contribution in [3.63, 3.8) is 0 Å². The number of carbonyl (C=O) groups excluding carboxylic acids is 2. The molecule has 5 nitrogen and oxygen atoms in total. The standard InChI is InChI=1S/C21H29N3O2S/c1-3-24-20(26)18(14-19(25)22-17-12-10-15(2)11-13-17)27-21(24)23-16-8-6-4-5-7-9-16/h10-13,16,18H,3-9,14H2,1-2H3,(H,22,25). The Kier molecular flexibility index (Phi) is 6.94. The summed E-state index contributed by atoms with van der Waals surface area (Å²) in [4.78, 5) is 31.8. The fourth-order valence-corrected chi connectivity index (χ4v) is 4.86. The van der Waals surface area contributed by atoms with E-state index in [4.69, 9.17) is 4.99 Å². The van der Waals surface area contributed by atoms with Crippen LogP contribution in [0.25, 0.3) is 0 Å². The number of aliphatic imine (C=N–C) groups is 1. The van der Waals surface area contributed by atoms with Gasteiger partial charge in [-0.2, -0.15) is 0 Å². The van der Waals surface area contributed by atoms with Gasteiger partial charge in [0.1, 0.15) is 5.25 Å². The second-order valence-electron chi connectivity index (χ2n) is 7.36. The molecule has 1 heterocycles. The van der Waals surface area contributed by atoms with Gasteiger partial charge in [0, 0.05) is 18.7 Å². The predicted molar refractivity (Wildman–Crippen MR) is 112 cm³/mol. The Labute approximate surface area is 166 Å². The molecule has 2 amide bonds. The molecular formula is C21H29N3O2S. The number of anilines is 1. The van der Waals surface area contributed by atoms with Crippen LogP contribution in [0.2, 0.25) is 0 Å². The summed E-state index contributed by atoms with van der Waals surface area (Å²) < 4.78 is 0. The van der Waals surface area contributed by atoms with E-state index in [-0.39, 0.29) is 23.5 Å². The molecule has 27 heavy (non-hydrogen) atoms. The summed E-state index contributed by atoms with van der Waals surface area (Å²) in [5.41, 5.74) is 1.91. The molecule has 1 saturated heterocycles. The second kappa shape index (κ2) is 9.40. The molecule has 1 aliphatic carbocycles. The third-order valence-corrected chi connectivity index (χ3v) is 6.35. The molecule has 0 bridgehead atoms. The number of amidine groups is 1. The van der Waals surface area contributed by atoms with Crippen LogP contribution in [0.4, 0.5) is 5.69 Å². The number of hydrogen-bond donors (Lipinski definition) is 1. The predicted octanol–water partition coefficient (Wildman–Crippen LogP) is 4.37. The van der Waals surface area contributed by atoms with Gasteiger partial charge >= 0.3 is 0 Å². The monoisotopic (exact) mass is 387 g/mol. The van der Waals surface area contributed by atoms with E-state index in [1.165, 1.54) is 37.4 Å². The minimum Gasteiger partial charge on any atom is -0.326 e. The first-order valence-electron chi connectivity index (χ1n) is 9.99. The Hall–Kier alpha value is -1.82. The van der Waals surface area contributed by atoms with Crippen molar-refractivity contribution in [2.24, 2.45) is 4.99 Å². The number of hydrogen-bond acceptors (Lipinski definition) is 4. The maximum Gasteiger partial charge on any atom is 0.242 e. The molecule has 1 aromatic carbocycles. The topological polar surface area (TPSA) is 61.8 Å². The second-order valence-corrected chi connectivity index (χ2v) is 8.53. The fourth-order valence-electron chi connectivity index (χ4n) is 3.59. The summed E-state index contributed by atoms with van der Waals surface area (Å²) in [5.74, 6) is -0.120. The molecular weight excluding hydrogens is 358 g/mol. The Morgan fingerprint density at radius 1 is 1.19 bits per heavy atom. The van der Waals surface area contributed by atoms with Crippen LogP contribution in [0.1, 0.15) is 57.4 Å². The highest BCUT2D eigenvalue weighted by Crippen LogP contribution is 2.31. The highest BCUT2D eigenvalue weighted by Gasteiger charge is 2.38. The summed E-state index contributed by atoms with van der Waals surface area (Å²) in [7, 11) is 0. The van der Waals surface area contributed by atoms with Gasteiger partial charge in [-0.25, -0.2) is 0 Å². The van der Waals surface area contributed by atoms with Gasteiger partial charge in [0.2, 0.25) is 11.8 Å². The largest absolute Gasteiger partial charge is 0.326 e. The van der Waals surface area contributed by atoms with Gasteiger partial charge in [0.15, 0.2) is 5.17 Å². The third kappa shape index (κ3) is 5.34. The van der Waals surface area contributed by atoms with Gasteiger partial charge < -0.3 is 5.32 Å². The molecule has 0 spiro atoms. The van der Waals surface area contributed by atoms with Crippen LogP contribution in [0.5, 0.6) is 0 Å². The molecule has 3 rings (SSSR count). The van der Waals surface area contributed by atoms with Crippen molar-refractivity contribution in [1.82, 2.24) is 4.90 Å². The maximum absolute atomic E-state index is 12.7. The highest BCUT2D eigenvalue weighted by molar-refractivity contribution is 8.15. The molecule has 146 valence electrons. The summed E-state index contributed by atoms with van der Waals surface area (Å²) in [5, 5.41) is 3.32. The van der Waals surface area contributed by atoms with E-state index in [1.807, 2.05) is 38.1 Å². The van der Waals surface area contributed by atoms with Crippen LogP contribution in [0, 0.1) is 6.92 Å². The summed E-state index contributed by atoms with van der Waals surface area (Å²) in [6.07, 6.45) is 7.39. The first kappa shape index (κ1) is 19.9. The number of thioether (sulfide) groups is 1.